The summed E-state index contributed by atoms with van der Waals surface area (Å²) in [4.78, 5) is 23.6. The molecule has 3 rings (SSSR count). The van der Waals surface area contributed by atoms with Crippen molar-refractivity contribution in [2.24, 2.45) is 5.92 Å². The average molecular weight is 389 g/mol. The van der Waals surface area contributed by atoms with E-state index in [2.05, 4.69) is 21.2 Å². The van der Waals surface area contributed by atoms with Gasteiger partial charge < -0.3 is 0 Å². The van der Waals surface area contributed by atoms with Crippen LogP contribution in [0.25, 0.3) is 6.08 Å². The van der Waals surface area contributed by atoms with E-state index in [4.69, 9.17) is 0 Å². The number of hydrogen-bond donors (Lipinski definition) is 2. The van der Waals surface area contributed by atoms with Gasteiger partial charge in [0.2, 0.25) is 5.91 Å². The van der Waals surface area contributed by atoms with E-state index in [1.54, 1.807) is 10.9 Å². The number of sulfone groups is 1. The van der Waals surface area contributed by atoms with Gasteiger partial charge in [0, 0.05) is 6.08 Å². The van der Waals surface area contributed by atoms with Crippen LogP contribution in [0.1, 0.15) is 17.7 Å². The molecule has 0 radical (unpaired) electrons. The van der Waals surface area contributed by atoms with Gasteiger partial charge in [-0.15, -0.1) is 5.10 Å². The molecule has 27 heavy (non-hydrogen) atoms. The molecule has 10 heteroatoms. The van der Waals surface area contributed by atoms with Crippen LogP contribution in [-0.2, 0) is 26.0 Å². The molecule has 142 valence electrons. The van der Waals surface area contributed by atoms with Crippen LogP contribution in [0.2, 0.25) is 0 Å². The summed E-state index contributed by atoms with van der Waals surface area (Å²) in [6.07, 6.45) is 4.64. The predicted octanol–water partition coefficient (Wildman–Crippen LogP) is -0.0783. The first-order valence-electron chi connectivity index (χ1n) is 8.34. The molecule has 1 fully saturated rings. The van der Waals surface area contributed by atoms with E-state index in [9.17, 15) is 18.0 Å². The van der Waals surface area contributed by atoms with Crippen molar-refractivity contribution in [3.05, 3.63) is 53.9 Å². The summed E-state index contributed by atoms with van der Waals surface area (Å²) >= 11 is 0. The van der Waals surface area contributed by atoms with Crippen LogP contribution in [0.5, 0.6) is 0 Å². The lowest BCUT2D eigenvalue weighted by Gasteiger charge is -2.08. The molecule has 2 amide bonds. The molecule has 2 aromatic rings. The molecule has 0 unspecified atom stereocenters. The summed E-state index contributed by atoms with van der Waals surface area (Å²) in [5.41, 5.74) is 6.04. The molecule has 0 spiro atoms. The molecule has 2 N–H and O–H groups in total. The third-order valence-corrected chi connectivity index (χ3v) is 5.83. The quantitative estimate of drug-likeness (QED) is 0.545. The fourth-order valence-electron chi connectivity index (χ4n) is 2.67. The smallest absolute Gasteiger partial charge is 0.262 e. The van der Waals surface area contributed by atoms with Crippen LogP contribution in [-0.4, -0.2) is 46.7 Å². The Bertz CT molecular complexity index is 953. The number of nitrogens with one attached hydrogen (secondary N) is 2. The fourth-order valence-corrected chi connectivity index (χ4v) is 4.41. The summed E-state index contributed by atoms with van der Waals surface area (Å²) in [5, 5.41) is 7.94. The molecular formula is C17H19N5O4S. The molecule has 1 atom stereocenters. The van der Waals surface area contributed by atoms with E-state index in [-0.39, 0.29) is 17.9 Å². The van der Waals surface area contributed by atoms with Gasteiger partial charge in [-0.25, -0.2) is 13.1 Å². The van der Waals surface area contributed by atoms with Gasteiger partial charge in [-0.05, 0) is 18.1 Å². The van der Waals surface area contributed by atoms with Gasteiger partial charge in [-0.2, -0.15) is 0 Å². The summed E-state index contributed by atoms with van der Waals surface area (Å²) < 4.78 is 24.4. The number of nitrogens with zero attached hydrogens (tertiary/aromatic N) is 3. The summed E-state index contributed by atoms with van der Waals surface area (Å²) in [7, 11) is -3.15. The van der Waals surface area contributed by atoms with Crippen molar-refractivity contribution in [2.45, 2.75) is 13.0 Å². The minimum atomic E-state index is -3.15. The fraction of sp³-hybridized carbons (Fsp3) is 0.294. The Morgan fingerprint density at radius 3 is 2.70 bits per heavy atom. The van der Waals surface area contributed by atoms with Crippen molar-refractivity contribution in [1.29, 1.82) is 0 Å². The van der Waals surface area contributed by atoms with Crippen LogP contribution < -0.4 is 10.9 Å². The second-order valence-electron chi connectivity index (χ2n) is 6.24. The number of carbonyl (C=O) groups is 2. The summed E-state index contributed by atoms with van der Waals surface area (Å²) in [6.45, 7) is 0.564. The van der Waals surface area contributed by atoms with Crippen LogP contribution in [0.4, 0.5) is 0 Å². The predicted molar refractivity (Wildman–Crippen MR) is 97.6 cm³/mol. The Morgan fingerprint density at radius 2 is 2.00 bits per heavy atom. The van der Waals surface area contributed by atoms with Crippen LogP contribution in [0, 0.1) is 5.92 Å². The first-order valence-corrected chi connectivity index (χ1v) is 10.2. The van der Waals surface area contributed by atoms with Gasteiger partial charge in [-0.1, -0.05) is 35.5 Å². The topological polar surface area (TPSA) is 123 Å². The molecule has 0 saturated carbocycles. The molecule has 0 aliphatic carbocycles. The molecule has 1 aliphatic heterocycles. The van der Waals surface area contributed by atoms with Crippen molar-refractivity contribution in [3.8, 4) is 0 Å². The average Bonchev–Trinajstić information content (AvgIpc) is 3.24. The van der Waals surface area contributed by atoms with E-state index in [1.165, 1.54) is 12.2 Å². The number of aromatic nitrogens is 3. The largest absolute Gasteiger partial charge is 0.273 e. The summed E-state index contributed by atoms with van der Waals surface area (Å²) in [5.74, 6) is -1.88. The van der Waals surface area contributed by atoms with Gasteiger partial charge in [0.15, 0.2) is 9.84 Å². The van der Waals surface area contributed by atoms with E-state index in [0.29, 0.717) is 12.2 Å². The zero-order chi connectivity index (χ0) is 19.3. The number of hydrazine groups is 1. The molecular weight excluding hydrogens is 370 g/mol. The van der Waals surface area contributed by atoms with Gasteiger partial charge in [0.05, 0.1) is 30.2 Å². The number of hydrogen-bond acceptors (Lipinski definition) is 6. The lowest BCUT2D eigenvalue weighted by atomic mass is 10.1. The second kappa shape index (κ2) is 8.12. The minimum Gasteiger partial charge on any atom is -0.273 e. The maximum Gasteiger partial charge on any atom is 0.262 e. The van der Waals surface area contributed by atoms with Crippen molar-refractivity contribution in [3.63, 3.8) is 0 Å². The van der Waals surface area contributed by atoms with Crippen LogP contribution in [0.15, 0.2) is 42.6 Å². The Labute approximate surface area is 156 Å². The normalized spacial score (nSPS) is 18.4. The molecule has 1 saturated heterocycles. The highest BCUT2D eigenvalue weighted by molar-refractivity contribution is 7.91. The van der Waals surface area contributed by atoms with Crippen molar-refractivity contribution >= 4 is 27.7 Å². The zero-order valence-corrected chi connectivity index (χ0v) is 15.2. The van der Waals surface area contributed by atoms with Gasteiger partial charge in [-0.3, -0.25) is 20.4 Å². The minimum absolute atomic E-state index is 0.00240. The molecule has 1 aromatic carbocycles. The van der Waals surface area contributed by atoms with Crippen molar-refractivity contribution in [1.82, 2.24) is 25.8 Å². The van der Waals surface area contributed by atoms with Gasteiger partial charge in [0.25, 0.3) is 5.91 Å². The maximum absolute atomic E-state index is 11.8. The number of amides is 2. The van der Waals surface area contributed by atoms with E-state index < -0.39 is 27.6 Å². The monoisotopic (exact) mass is 389 g/mol. The number of rotatable bonds is 5. The third kappa shape index (κ3) is 5.48. The van der Waals surface area contributed by atoms with E-state index in [1.807, 2.05) is 30.3 Å². The van der Waals surface area contributed by atoms with Crippen LogP contribution in [0.3, 0.4) is 0 Å². The Hall–Kier alpha value is -3.01. The molecule has 9 nitrogen and oxygen atoms in total. The van der Waals surface area contributed by atoms with Gasteiger partial charge >= 0.3 is 0 Å². The van der Waals surface area contributed by atoms with Crippen LogP contribution >= 0.6 is 0 Å². The molecule has 2 heterocycles. The highest BCUT2D eigenvalue weighted by Crippen LogP contribution is 2.17. The SMILES string of the molecule is O=C(/C=C/c1cn(Cc2ccccc2)nn1)NNC(=O)[C@H]1CCS(=O)(=O)C1. The second-order valence-corrected chi connectivity index (χ2v) is 8.47. The Morgan fingerprint density at radius 1 is 1.22 bits per heavy atom. The molecule has 0 bridgehead atoms. The lowest BCUT2D eigenvalue weighted by Crippen LogP contribution is -2.44. The lowest BCUT2D eigenvalue weighted by molar-refractivity contribution is -0.129. The maximum atomic E-state index is 11.8. The number of carbonyl (C=O) groups excluding carboxylic acids is 2. The summed E-state index contributed by atoms with van der Waals surface area (Å²) in [6, 6.07) is 9.76. The highest BCUT2D eigenvalue weighted by Gasteiger charge is 2.32. The van der Waals surface area contributed by atoms with E-state index >= 15 is 0 Å². The molecule has 1 aliphatic rings. The zero-order valence-electron chi connectivity index (χ0n) is 14.4. The standard InChI is InChI=1S/C17H19N5O4S/c23-16(19-20-17(24)14-8-9-27(25,26)12-14)7-6-15-11-22(21-18-15)10-13-4-2-1-3-5-13/h1-7,11,14H,8-10,12H2,(H,19,23)(H,20,24)/b7-6+/t14-/m0/s1. The first-order chi connectivity index (χ1) is 12.9. The van der Waals surface area contributed by atoms with Gasteiger partial charge in [0.1, 0.15) is 5.69 Å². The molecule has 1 aromatic heterocycles. The third-order valence-electron chi connectivity index (χ3n) is 4.06. The van der Waals surface area contributed by atoms with E-state index in [0.717, 1.165) is 5.56 Å². The number of benzene rings is 1. The Balaban J connectivity index is 1.47. The van der Waals surface area contributed by atoms with Crippen molar-refractivity contribution < 1.29 is 18.0 Å². The highest BCUT2D eigenvalue weighted by atomic mass is 32.2. The Kier molecular flexibility index (Phi) is 5.65. The van der Waals surface area contributed by atoms with Crippen molar-refractivity contribution in [2.75, 3.05) is 11.5 Å². The first kappa shape index (κ1) is 18.8.